The van der Waals surface area contributed by atoms with E-state index in [4.69, 9.17) is 16.9 Å². The second-order valence-corrected chi connectivity index (χ2v) is 17.2. The number of para-hydroxylation sites is 1. The van der Waals surface area contributed by atoms with E-state index in [9.17, 15) is 43.2 Å². The first-order valence-electron chi connectivity index (χ1n) is 23.3. The van der Waals surface area contributed by atoms with E-state index in [1.54, 1.807) is 36.5 Å². The molecule has 0 unspecified atom stereocenters. The number of carbonyl (C=O) groups is 9. The number of fused-ring (bicyclic) bond motifs is 1. The molecule has 3 heterocycles. The molecule has 24 heteroatoms. The number of aromatic amines is 2. The molecule has 0 bridgehead atoms. The molecule has 0 saturated carbocycles. The molecule has 1 saturated heterocycles. The summed E-state index contributed by atoms with van der Waals surface area (Å²) in [4.78, 5) is 133. The van der Waals surface area contributed by atoms with Crippen molar-refractivity contribution >= 4 is 70.0 Å². The smallest absolute Gasteiger partial charge is 0.243 e. The van der Waals surface area contributed by atoms with Crippen molar-refractivity contribution < 1.29 is 43.2 Å². The van der Waals surface area contributed by atoms with Gasteiger partial charge in [-0.25, -0.2) is 4.98 Å². The van der Waals surface area contributed by atoms with Crippen LogP contribution in [0.1, 0.15) is 69.2 Å². The average molecular weight is 982 g/mol. The maximum atomic E-state index is 14.4. The van der Waals surface area contributed by atoms with E-state index in [1.807, 2.05) is 24.3 Å². The largest absolute Gasteiger partial charge is 0.370 e. The molecule has 0 spiro atoms. The highest BCUT2D eigenvalue weighted by molar-refractivity contribution is 5.99. The van der Waals surface area contributed by atoms with Gasteiger partial charge in [0.15, 0.2) is 5.96 Å². The van der Waals surface area contributed by atoms with E-state index in [-0.39, 0.29) is 70.4 Å². The Bertz CT molecular complexity index is 2520. The van der Waals surface area contributed by atoms with Crippen molar-refractivity contribution in [3.05, 3.63) is 90.1 Å². The van der Waals surface area contributed by atoms with Crippen LogP contribution in [0, 0.1) is 5.41 Å². The zero-order chi connectivity index (χ0) is 51.5. The molecular weight excluding hydrogens is 919 g/mol. The van der Waals surface area contributed by atoms with E-state index in [2.05, 4.69) is 62.8 Å². The number of hydrogen-bond acceptors (Lipinski definition) is 11. The van der Waals surface area contributed by atoms with Crippen molar-refractivity contribution in [2.45, 2.75) is 114 Å². The SMILES string of the molecule is CC(=O)N[C@@H](CCCNC(=N)N)C(=O)N[C@H]1CC(=O)NCCCC[C@@H](C(N)=O)NC(=O)[C@H](Cc2c[nH]c3ccccc23)NC(=O)[C@H](C)NC(=O)[C@@H](Cc2ccccc2)NC(=O)[C@H](Cc2c[nH]cn2)NC1=O. The molecular formula is C47H63N15O9. The van der Waals surface area contributed by atoms with Crippen LogP contribution in [0.25, 0.3) is 10.9 Å². The van der Waals surface area contributed by atoms with Gasteiger partial charge in [-0.1, -0.05) is 48.5 Å². The number of nitrogens with two attached hydrogens (primary N) is 2. The third-order valence-electron chi connectivity index (χ3n) is 11.6. The molecule has 1 fully saturated rings. The fourth-order valence-electron chi connectivity index (χ4n) is 7.87. The third kappa shape index (κ3) is 17.0. The molecule has 0 aliphatic carbocycles. The second kappa shape index (κ2) is 26.4. The van der Waals surface area contributed by atoms with E-state index in [0.29, 0.717) is 16.8 Å². The lowest BCUT2D eigenvalue weighted by Crippen LogP contribution is -2.60. The predicted molar refractivity (Wildman–Crippen MR) is 259 cm³/mol. The van der Waals surface area contributed by atoms with Crippen LogP contribution < -0.4 is 59.3 Å². The monoisotopic (exact) mass is 981 g/mol. The minimum absolute atomic E-state index is 0.0243. The molecule has 2 aromatic carbocycles. The number of nitrogens with zero attached hydrogens (tertiary/aromatic N) is 1. The number of imidazole rings is 1. The lowest BCUT2D eigenvalue weighted by Gasteiger charge is -2.27. The zero-order valence-electron chi connectivity index (χ0n) is 39.5. The van der Waals surface area contributed by atoms with Crippen LogP contribution in [0.3, 0.4) is 0 Å². The van der Waals surface area contributed by atoms with Gasteiger partial charge < -0.3 is 69.3 Å². The van der Waals surface area contributed by atoms with Gasteiger partial charge in [-0.2, -0.15) is 0 Å². The average Bonchev–Trinajstić information content (AvgIpc) is 4.00. The molecule has 1 aliphatic rings. The summed E-state index contributed by atoms with van der Waals surface area (Å²) in [5.41, 5.74) is 13.5. The third-order valence-corrected chi connectivity index (χ3v) is 11.6. The Kier molecular flexibility index (Phi) is 20.0. The van der Waals surface area contributed by atoms with Gasteiger partial charge in [0, 0.05) is 62.6 Å². The van der Waals surface area contributed by atoms with Gasteiger partial charge in [0.05, 0.1) is 18.4 Å². The Balaban J connectivity index is 1.48. The van der Waals surface area contributed by atoms with Gasteiger partial charge in [-0.3, -0.25) is 48.6 Å². The Labute approximate surface area is 409 Å². The maximum Gasteiger partial charge on any atom is 0.243 e. The molecule has 9 amide bonds. The fraction of sp³-hybridized carbons (Fsp3) is 0.426. The lowest BCUT2D eigenvalue weighted by molar-refractivity contribution is -0.136. The van der Waals surface area contributed by atoms with Crippen molar-refractivity contribution in [3.8, 4) is 0 Å². The summed E-state index contributed by atoms with van der Waals surface area (Å²) < 4.78 is 0. The lowest BCUT2D eigenvalue weighted by atomic mass is 10.0. The molecule has 4 aromatic rings. The molecule has 71 heavy (non-hydrogen) atoms. The molecule has 1 aliphatic heterocycles. The van der Waals surface area contributed by atoms with Crippen molar-refractivity contribution in [3.63, 3.8) is 0 Å². The van der Waals surface area contributed by atoms with Gasteiger partial charge in [0.1, 0.15) is 42.3 Å². The van der Waals surface area contributed by atoms with Crippen LogP contribution in [-0.4, -0.2) is 129 Å². The van der Waals surface area contributed by atoms with Crippen molar-refractivity contribution in [2.75, 3.05) is 13.1 Å². The molecule has 2 aromatic heterocycles. The van der Waals surface area contributed by atoms with Gasteiger partial charge in [-0.15, -0.1) is 0 Å². The minimum Gasteiger partial charge on any atom is -0.370 e. The summed E-state index contributed by atoms with van der Waals surface area (Å²) in [6.45, 7) is 2.81. The Morgan fingerprint density at radius 1 is 0.789 bits per heavy atom. The first-order chi connectivity index (χ1) is 34.0. The molecule has 7 atom stereocenters. The van der Waals surface area contributed by atoms with E-state index >= 15 is 0 Å². The first kappa shape index (κ1) is 53.6. The molecule has 380 valence electrons. The standard InChI is InChI=1S/C47H63N15O9/c1-26-41(66)59-36(20-29-23-54-32-14-7-6-13-31(29)32)44(69)58-33(40(48)65)15-8-9-17-52-39(64)22-38(62-42(67)34(57-27(2)63)16-10-18-53-47(49)50)46(71)61-37(21-30-24-51-25-55-30)45(70)60-35(43(68)56-26)19-28-11-4-3-5-12-28/h3-7,11-14,23-26,33-38,54H,8-10,15-22H2,1-2H3,(H2,48,65)(H,51,55)(H,52,64)(H,56,68)(H,57,63)(H,58,69)(H,59,66)(H,60,70)(H,61,71)(H,62,67)(H4,49,50,53)/t26-,33-,34-,35+,36-,37-,38-/m0/s1. The van der Waals surface area contributed by atoms with Crippen LogP contribution in [0.4, 0.5) is 0 Å². The Hall–Kier alpha value is -8.31. The number of hydrogen-bond donors (Lipinski definition) is 14. The summed E-state index contributed by atoms with van der Waals surface area (Å²) in [7, 11) is 0. The summed E-state index contributed by atoms with van der Waals surface area (Å²) in [5.74, 6) is -7.37. The van der Waals surface area contributed by atoms with E-state index in [0.717, 1.165) is 10.9 Å². The maximum absolute atomic E-state index is 14.4. The number of H-pyrrole nitrogens is 2. The number of guanidine groups is 1. The van der Waals surface area contributed by atoms with Crippen LogP contribution >= 0.6 is 0 Å². The van der Waals surface area contributed by atoms with Gasteiger partial charge >= 0.3 is 0 Å². The van der Waals surface area contributed by atoms with Crippen molar-refractivity contribution in [2.24, 2.45) is 11.5 Å². The summed E-state index contributed by atoms with van der Waals surface area (Å²) >= 11 is 0. The highest BCUT2D eigenvalue weighted by Gasteiger charge is 2.35. The van der Waals surface area contributed by atoms with Crippen LogP contribution in [-0.2, 0) is 62.4 Å². The van der Waals surface area contributed by atoms with Crippen molar-refractivity contribution in [1.29, 1.82) is 5.41 Å². The zero-order valence-corrected chi connectivity index (χ0v) is 39.5. The topological polar surface area (TPSA) is 382 Å². The minimum atomic E-state index is -1.63. The number of primary amides is 1. The second-order valence-electron chi connectivity index (χ2n) is 17.2. The van der Waals surface area contributed by atoms with Crippen LogP contribution in [0.2, 0.25) is 0 Å². The number of benzene rings is 2. The Morgan fingerprint density at radius 3 is 2.15 bits per heavy atom. The highest BCUT2D eigenvalue weighted by atomic mass is 16.2. The van der Waals surface area contributed by atoms with Crippen LogP contribution in [0.5, 0.6) is 0 Å². The number of nitrogens with one attached hydrogen (secondary N) is 12. The number of amides is 9. The Morgan fingerprint density at radius 2 is 1.45 bits per heavy atom. The fourth-order valence-corrected chi connectivity index (χ4v) is 7.87. The quantitative estimate of drug-likeness (QED) is 0.0364. The van der Waals surface area contributed by atoms with Gasteiger partial charge in [0.25, 0.3) is 0 Å². The number of aromatic nitrogens is 3. The van der Waals surface area contributed by atoms with Crippen molar-refractivity contribution in [1.82, 2.24) is 62.8 Å². The summed E-state index contributed by atoms with van der Waals surface area (Å²) in [6.07, 6.45) is 4.47. The summed E-state index contributed by atoms with van der Waals surface area (Å²) in [6, 6.07) is 6.64. The first-order valence-corrected chi connectivity index (χ1v) is 23.3. The van der Waals surface area contributed by atoms with Crippen LogP contribution in [0.15, 0.2) is 73.3 Å². The van der Waals surface area contributed by atoms with Gasteiger partial charge in [0.2, 0.25) is 53.2 Å². The van der Waals surface area contributed by atoms with E-state index < -0.39 is 102 Å². The summed E-state index contributed by atoms with van der Waals surface area (Å²) in [5, 5.41) is 31.9. The number of carbonyl (C=O) groups excluding carboxylic acids is 9. The van der Waals surface area contributed by atoms with Gasteiger partial charge in [-0.05, 0) is 56.2 Å². The molecule has 5 rings (SSSR count). The van der Waals surface area contributed by atoms with E-state index in [1.165, 1.54) is 26.4 Å². The molecule has 24 nitrogen and oxygen atoms in total. The molecule has 0 radical (unpaired) electrons. The number of rotatable bonds is 14. The normalized spacial score (nSPS) is 21.7. The molecule has 16 N–H and O–H groups in total. The predicted octanol–water partition coefficient (Wildman–Crippen LogP) is -2.21. The highest BCUT2D eigenvalue weighted by Crippen LogP contribution is 2.20.